The third-order valence-corrected chi connectivity index (χ3v) is 4.83. The SMILES string of the molecule is CC(=O)N(CC(F)F)c1ccc(-c2ccc(C(=O)NCc3cncc(N)c3)cn2)cc1Cl. The average Bonchev–Trinajstić information content (AvgIpc) is 2.76. The number of nitrogens with two attached hydrogens (primary N) is 1. The van der Waals surface area contributed by atoms with E-state index in [1.54, 1.807) is 30.5 Å². The van der Waals surface area contributed by atoms with Crippen LogP contribution >= 0.6 is 11.6 Å². The predicted octanol–water partition coefficient (Wildman–Crippen LogP) is 3.93. The second kappa shape index (κ2) is 10.1. The Bertz CT molecular complexity index is 1130. The molecule has 0 saturated heterocycles. The van der Waals surface area contributed by atoms with Crippen molar-refractivity contribution in [3.8, 4) is 11.3 Å². The summed E-state index contributed by atoms with van der Waals surface area (Å²) in [5.74, 6) is -0.855. The first-order valence-electron chi connectivity index (χ1n) is 9.54. The molecule has 0 aliphatic heterocycles. The average molecular weight is 460 g/mol. The summed E-state index contributed by atoms with van der Waals surface area (Å²) in [7, 11) is 0. The maximum atomic E-state index is 12.8. The van der Waals surface area contributed by atoms with Crippen molar-refractivity contribution in [1.29, 1.82) is 0 Å². The Kier molecular flexibility index (Phi) is 7.32. The molecule has 1 aromatic carbocycles. The van der Waals surface area contributed by atoms with Gasteiger partial charge in [-0.3, -0.25) is 19.6 Å². The number of hydrogen-bond acceptors (Lipinski definition) is 5. The van der Waals surface area contributed by atoms with Crippen LogP contribution in [0.15, 0.2) is 55.0 Å². The number of carbonyl (C=O) groups excluding carboxylic acids is 2. The van der Waals surface area contributed by atoms with Crippen molar-refractivity contribution in [3.05, 3.63) is 71.1 Å². The largest absolute Gasteiger partial charge is 0.397 e. The topological polar surface area (TPSA) is 101 Å². The van der Waals surface area contributed by atoms with Crippen LogP contribution in [0.1, 0.15) is 22.8 Å². The zero-order valence-electron chi connectivity index (χ0n) is 17.1. The molecule has 0 spiro atoms. The molecule has 0 aliphatic carbocycles. The van der Waals surface area contributed by atoms with Crippen LogP contribution in [0, 0.1) is 0 Å². The smallest absolute Gasteiger partial charge is 0.256 e. The second-order valence-electron chi connectivity index (χ2n) is 6.93. The summed E-state index contributed by atoms with van der Waals surface area (Å²) in [5, 5.41) is 2.90. The molecule has 3 aromatic rings. The van der Waals surface area contributed by atoms with Gasteiger partial charge in [0.2, 0.25) is 5.91 Å². The lowest BCUT2D eigenvalue weighted by Gasteiger charge is -2.22. The molecule has 0 atom stereocenters. The van der Waals surface area contributed by atoms with Gasteiger partial charge < -0.3 is 16.0 Å². The molecule has 166 valence electrons. The number of aromatic nitrogens is 2. The zero-order chi connectivity index (χ0) is 23.3. The predicted molar refractivity (Wildman–Crippen MR) is 119 cm³/mol. The van der Waals surface area contributed by atoms with Crippen molar-refractivity contribution in [1.82, 2.24) is 15.3 Å². The van der Waals surface area contributed by atoms with Crippen molar-refractivity contribution in [2.45, 2.75) is 19.9 Å². The number of carbonyl (C=O) groups is 2. The Morgan fingerprint density at radius 3 is 2.53 bits per heavy atom. The Labute approximate surface area is 188 Å². The Morgan fingerprint density at radius 1 is 1.16 bits per heavy atom. The highest BCUT2D eigenvalue weighted by molar-refractivity contribution is 6.34. The molecule has 0 unspecified atom stereocenters. The number of nitrogens with one attached hydrogen (secondary N) is 1. The van der Waals surface area contributed by atoms with Crippen molar-refractivity contribution >= 4 is 34.8 Å². The highest BCUT2D eigenvalue weighted by atomic mass is 35.5. The Balaban J connectivity index is 1.72. The van der Waals surface area contributed by atoms with Crippen LogP contribution < -0.4 is 16.0 Å². The molecule has 0 radical (unpaired) electrons. The summed E-state index contributed by atoms with van der Waals surface area (Å²) in [4.78, 5) is 33.3. The van der Waals surface area contributed by atoms with E-state index in [2.05, 4.69) is 15.3 Å². The van der Waals surface area contributed by atoms with Crippen molar-refractivity contribution in [2.24, 2.45) is 0 Å². The zero-order valence-corrected chi connectivity index (χ0v) is 17.8. The number of rotatable bonds is 7. The lowest BCUT2D eigenvalue weighted by molar-refractivity contribution is -0.117. The Hall–Kier alpha value is -3.59. The fourth-order valence-electron chi connectivity index (χ4n) is 3.01. The molecule has 2 amide bonds. The highest BCUT2D eigenvalue weighted by Gasteiger charge is 2.20. The number of amides is 2. The summed E-state index contributed by atoms with van der Waals surface area (Å²) < 4.78 is 25.6. The van der Waals surface area contributed by atoms with Crippen LogP contribution in [0.4, 0.5) is 20.2 Å². The van der Waals surface area contributed by atoms with E-state index in [1.807, 2.05) is 0 Å². The van der Waals surface area contributed by atoms with Gasteiger partial charge in [-0.05, 0) is 35.9 Å². The van der Waals surface area contributed by atoms with E-state index in [1.165, 1.54) is 31.5 Å². The molecular formula is C22H20ClF2N5O2. The van der Waals surface area contributed by atoms with Crippen LogP contribution in [-0.2, 0) is 11.3 Å². The third kappa shape index (κ3) is 5.76. The minimum absolute atomic E-state index is 0.137. The number of nitrogens with zero attached hydrogens (tertiary/aromatic N) is 3. The first-order valence-corrected chi connectivity index (χ1v) is 9.92. The monoisotopic (exact) mass is 459 g/mol. The summed E-state index contributed by atoms with van der Waals surface area (Å²) in [5.41, 5.74) is 8.63. The van der Waals surface area contributed by atoms with Gasteiger partial charge in [0.15, 0.2) is 0 Å². The maximum Gasteiger partial charge on any atom is 0.256 e. The van der Waals surface area contributed by atoms with E-state index in [4.69, 9.17) is 17.3 Å². The summed E-state index contributed by atoms with van der Waals surface area (Å²) >= 11 is 6.25. The van der Waals surface area contributed by atoms with Crippen LogP contribution in [-0.4, -0.2) is 34.8 Å². The molecule has 7 nitrogen and oxygen atoms in total. The van der Waals surface area contributed by atoms with E-state index in [0.717, 1.165) is 10.5 Å². The number of anilines is 2. The molecule has 3 rings (SSSR count). The quantitative estimate of drug-likeness (QED) is 0.557. The van der Waals surface area contributed by atoms with Gasteiger partial charge in [0, 0.05) is 37.6 Å². The first kappa shape index (κ1) is 23.1. The summed E-state index contributed by atoms with van der Waals surface area (Å²) in [6.45, 7) is 0.713. The van der Waals surface area contributed by atoms with Gasteiger partial charge in [-0.1, -0.05) is 17.7 Å². The van der Waals surface area contributed by atoms with Gasteiger partial charge in [-0.15, -0.1) is 0 Å². The molecule has 0 saturated carbocycles. The van der Waals surface area contributed by atoms with Crippen LogP contribution in [0.3, 0.4) is 0 Å². The standard InChI is InChI=1S/C22H20ClF2N5O2/c1-13(31)30(12-21(24)25)20-5-3-15(7-18(20)23)19-4-2-16(10-28-19)22(32)29-9-14-6-17(26)11-27-8-14/h2-8,10-11,21H,9,12,26H2,1H3,(H,29,32). The molecule has 0 bridgehead atoms. The van der Waals surface area contributed by atoms with Gasteiger partial charge in [-0.25, -0.2) is 8.78 Å². The van der Waals surface area contributed by atoms with Gasteiger partial charge in [0.1, 0.15) is 0 Å². The van der Waals surface area contributed by atoms with Gasteiger partial charge in [0.25, 0.3) is 12.3 Å². The van der Waals surface area contributed by atoms with Crippen LogP contribution in [0.5, 0.6) is 0 Å². The van der Waals surface area contributed by atoms with E-state index >= 15 is 0 Å². The number of benzene rings is 1. The lowest BCUT2D eigenvalue weighted by atomic mass is 10.1. The molecule has 2 aromatic heterocycles. The third-order valence-electron chi connectivity index (χ3n) is 4.53. The highest BCUT2D eigenvalue weighted by Crippen LogP contribution is 2.31. The molecular weight excluding hydrogens is 440 g/mol. The minimum Gasteiger partial charge on any atom is -0.397 e. The molecule has 32 heavy (non-hydrogen) atoms. The summed E-state index contributed by atoms with van der Waals surface area (Å²) in [6, 6.07) is 9.62. The normalized spacial score (nSPS) is 10.8. The van der Waals surface area contributed by atoms with E-state index in [9.17, 15) is 18.4 Å². The molecule has 2 heterocycles. The number of alkyl halides is 2. The second-order valence-corrected chi connectivity index (χ2v) is 7.34. The molecule has 0 fully saturated rings. The minimum atomic E-state index is -2.69. The van der Waals surface area contributed by atoms with Crippen molar-refractivity contribution < 1.29 is 18.4 Å². The first-order chi connectivity index (χ1) is 15.2. The van der Waals surface area contributed by atoms with Gasteiger partial charge >= 0.3 is 0 Å². The lowest BCUT2D eigenvalue weighted by Crippen LogP contribution is -2.33. The van der Waals surface area contributed by atoms with Gasteiger partial charge in [-0.2, -0.15) is 0 Å². The van der Waals surface area contributed by atoms with Crippen LogP contribution in [0.2, 0.25) is 5.02 Å². The fourth-order valence-corrected chi connectivity index (χ4v) is 3.29. The molecule has 3 N–H and O–H groups in total. The van der Waals surface area contributed by atoms with Gasteiger partial charge in [0.05, 0.1) is 34.2 Å². The number of hydrogen-bond donors (Lipinski definition) is 2. The van der Waals surface area contributed by atoms with Crippen molar-refractivity contribution in [3.63, 3.8) is 0 Å². The fraction of sp³-hybridized carbons (Fsp3) is 0.182. The number of halogens is 3. The Morgan fingerprint density at radius 2 is 1.94 bits per heavy atom. The van der Waals surface area contributed by atoms with E-state index < -0.39 is 18.9 Å². The summed E-state index contributed by atoms with van der Waals surface area (Å²) in [6.07, 6.45) is 1.86. The van der Waals surface area contributed by atoms with E-state index in [0.29, 0.717) is 22.5 Å². The van der Waals surface area contributed by atoms with Crippen LogP contribution in [0.25, 0.3) is 11.3 Å². The number of nitrogen functional groups attached to an aromatic ring is 1. The van der Waals surface area contributed by atoms with Crippen molar-refractivity contribution in [2.75, 3.05) is 17.2 Å². The molecule has 0 aliphatic rings. The number of pyridine rings is 2. The maximum absolute atomic E-state index is 12.8. The molecule has 10 heteroatoms. The van der Waals surface area contributed by atoms with E-state index in [-0.39, 0.29) is 23.2 Å².